The van der Waals surface area contributed by atoms with Gasteiger partial charge in [-0.05, 0) is 37.6 Å². The summed E-state index contributed by atoms with van der Waals surface area (Å²) in [4.78, 5) is 4.70. The van der Waals surface area contributed by atoms with Crippen LogP contribution in [0.5, 0.6) is 0 Å². The number of hydrogen-bond acceptors (Lipinski definition) is 4. The first-order chi connectivity index (χ1) is 10.5. The van der Waals surface area contributed by atoms with Crippen LogP contribution in [-0.2, 0) is 4.74 Å². The van der Waals surface area contributed by atoms with E-state index in [-0.39, 0.29) is 6.10 Å². The quantitative estimate of drug-likeness (QED) is 0.814. The highest BCUT2D eigenvalue weighted by Crippen LogP contribution is 2.35. The molecule has 0 radical (unpaired) electrons. The van der Waals surface area contributed by atoms with Crippen LogP contribution < -0.4 is 0 Å². The third-order valence-electron chi connectivity index (χ3n) is 5.53. The summed E-state index contributed by atoms with van der Waals surface area (Å²) in [6.45, 7) is 12.5. The Bertz CT molecular complexity index is 316. The van der Waals surface area contributed by atoms with Crippen LogP contribution >= 0.6 is 0 Å². The highest BCUT2D eigenvalue weighted by Gasteiger charge is 2.31. The lowest BCUT2D eigenvalue weighted by Gasteiger charge is -2.38. The maximum Gasteiger partial charge on any atom is 0.0900 e. The molecule has 1 saturated heterocycles. The van der Waals surface area contributed by atoms with Crippen molar-refractivity contribution in [2.24, 2.45) is 17.8 Å². The van der Waals surface area contributed by atoms with E-state index in [1.807, 2.05) is 0 Å². The van der Waals surface area contributed by atoms with Gasteiger partial charge in [-0.15, -0.1) is 0 Å². The first-order valence-electron chi connectivity index (χ1n) is 9.16. The van der Waals surface area contributed by atoms with Gasteiger partial charge in [0.15, 0.2) is 0 Å². The Labute approximate surface area is 136 Å². The van der Waals surface area contributed by atoms with Crippen molar-refractivity contribution in [1.82, 2.24) is 9.80 Å². The van der Waals surface area contributed by atoms with Gasteiger partial charge in [0.2, 0.25) is 0 Å². The maximum atomic E-state index is 10.3. The van der Waals surface area contributed by atoms with Gasteiger partial charge in [0, 0.05) is 32.7 Å². The van der Waals surface area contributed by atoms with E-state index < -0.39 is 0 Å². The van der Waals surface area contributed by atoms with Crippen LogP contribution in [0, 0.1) is 17.8 Å². The fourth-order valence-electron chi connectivity index (χ4n) is 3.92. The molecule has 0 aromatic rings. The standard InChI is InChI=1S/C18H36N2O2/c1-14(2)17-6-5-15(3)11-18(17)22-13-16(21)12-20-9-7-19(4)8-10-20/h14-18,21H,5-13H2,1-4H3/t15-,16+,17-,18-/m1/s1. The molecule has 2 aliphatic rings. The molecule has 1 aliphatic carbocycles. The van der Waals surface area contributed by atoms with Crippen LogP contribution in [0.3, 0.4) is 0 Å². The molecule has 0 spiro atoms. The molecule has 1 N–H and O–H groups in total. The van der Waals surface area contributed by atoms with Gasteiger partial charge in [0.1, 0.15) is 0 Å². The number of aliphatic hydroxyl groups excluding tert-OH is 1. The summed E-state index contributed by atoms with van der Waals surface area (Å²) in [6.07, 6.45) is 3.74. The normalized spacial score (nSPS) is 33.3. The zero-order valence-electron chi connectivity index (χ0n) is 15.0. The molecule has 1 heterocycles. The molecule has 22 heavy (non-hydrogen) atoms. The van der Waals surface area contributed by atoms with Crippen molar-refractivity contribution < 1.29 is 9.84 Å². The van der Waals surface area contributed by atoms with Crippen molar-refractivity contribution in [3.05, 3.63) is 0 Å². The summed E-state index contributed by atoms with van der Waals surface area (Å²) in [5.41, 5.74) is 0. The maximum absolute atomic E-state index is 10.3. The van der Waals surface area contributed by atoms with Gasteiger partial charge in [-0.1, -0.05) is 27.2 Å². The van der Waals surface area contributed by atoms with Gasteiger partial charge < -0.3 is 14.7 Å². The van der Waals surface area contributed by atoms with Crippen LogP contribution in [0.2, 0.25) is 0 Å². The number of aliphatic hydroxyl groups is 1. The lowest BCUT2D eigenvalue weighted by atomic mass is 9.75. The first kappa shape index (κ1) is 18.2. The minimum absolute atomic E-state index is 0.339. The van der Waals surface area contributed by atoms with Crippen molar-refractivity contribution in [2.75, 3.05) is 46.4 Å². The monoisotopic (exact) mass is 312 g/mol. The third kappa shape index (κ3) is 5.48. The Balaban J connectivity index is 1.73. The molecular formula is C18H36N2O2. The van der Waals surface area contributed by atoms with E-state index in [0.717, 1.165) is 45.1 Å². The smallest absolute Gasteiger partial charge is 0.0900 e. The second-order valence-electron chi connectivity index (χ2n) is 7.96. The highest BCUT2D eigenvalue weighted by molar-refractivity contribution is 4.82. The molecule has 4 atom stereocenters. The minimum Gasteiger partial charge on any atom is -0.389 e. The topological polar surface area (TPSA) is 35.9 Å². The molecule has 130 valence electrons. The summed E-state index contributed by atoms with van der Waals surface area (Å²) < 4.78 is 6.16. The van der Waals surface area contributed by atoms with Crippen LogP contribution in [0.15, 0.2) is 0 Å². The molecule has 2 rings (SSSR count). The number of likely N-dealkylation sites (N-methyl/N-ethyl adjacent to an activating group) is 1. The van der Waals surface area contributed by atoms with Crippen molar-refractivity contribution in [2.45, 2.75) is 52.2 Å². The molecular weight excluding hydrogens is 276 g/mol. The van der Waals surface area contributed by atoms with Crippen LogP contribution in [0.25, 0.3) is 0 Å². The first-order valence-corrected chi connectivity index (χ1v) is 9.16. The number of ether oxygens (including phenoxy) is 1. The fraction of sp³-hybridized carbons (Fsp3) is 1.00. The highest BCUT2D eigenvalue weighted by atomic mass is 16.5. The molecule has 1 aliphatic heterocycles. The molecule has 1 saturated carbocycles. The lowest BCUT2D eigenvalue weighted by Crippen LogP contribution is -2.48. The minimum atomic E-state index is -0.353. The molecule has 0 aromatic heterocycles. The largest absolute Gasteiger partial charge is 0.389 e. The van der Waals surface area contributed by atoms with E-state index >= 15 is 0 Å². The number of hydrogen-bond donors (Lipinski definition) is 1. The Morgan fingerprint density at radius 1 is 1.14 bits per heavy atom. The predicted octanol–water partition coefficient (Wildman–Crippen LogP) is 2.07. The lowest BCUT2D eigenvalue weighted by molar-refractivity contribution is -0.0751. The van der Waals surface area contributed by atoms with Crippen molar-refractivity contribution in [3.8, 4) is 0 Å². The van der Waals surface area contributed by atoms with E-state index in [4.69, 9.17) is 4.74 Å². The second kappa shape index (κ2) is 8.62. The summed E-state index contributed by atoms with van der Waals surface area (Å²) in [6, 6.07) is 0. The fourth-order valence-corrected chi connectivity index (χ4v) is 3.92. The Morgan fingerprint density at radius 2 is 1.82 bits per heavy atom. The summed E-state index contributed by atoms with van der Waals surface area (Å²) >= 11 is 0. The molecule has 0 unspecified atom stereocenters. The van der Waals surface area contributed by atoms with Crippen LogP contribution in [0.1, 0.15) is 40.0 Å². The van der Waals surface area contributed by atoms with Gasteiger partial charge in [-0.25, -0.2) is 0 Å². The summed E-state index contributed by atoms with van der Waals surface area (Å²) in [5.74, 6) is 2.09. The summed E-state index contributed by atoms with van der Waals surface area (Å²) in [5, 5.41) is 10.3. The van der Waals surface area contributed by atoms with E-state index in [9.17, 15) is 5.11 Å². The van der Waals surface area contributed by atoms with Crippen LogP contribution in [-0.4, -0.2) is 73.5 Å². The molecule has 4 heteroatoms. The average Bonchev–Trinajstić information content (AvgIpc) is 2.47. The van der Waals surface area contributed by atoms with Gasteiger partial charge >= 0.3 is 0 Å². The van der Waals surface area contributed by atoms with Gasteiger partial charge in [-0.3, -0.25) is 4.90 Å². The van der Waals surface area contributed by atoms with E-state index in [1.165, 1.54) is 12.8 Å². The Morgan fingerprint density at radius 3 is 2.45 bits per heavy atom. The van der Waals surface area contributed by atoms with Crippen molar-refractivity contribution in [3.63, 3.8) is 0 Å². The van der Waals surface area contributed by atoms with E-state index in [2.05, 4.69) is 37.6 Å². The number of β-amino-alcohol motifs (C(OH)–C–C–N with tert-alkyl or cyclic N) is 1. The van der Waals surface area contributed by atoms with Gasteiger partial charge in [0.05, 0.1) is 18.8 Å². The molecule has 0 bridgehead atoms. The molecule has 0 aromatic carbocycles. The van der Waals surface area contributed by atoms with Gasteiger partial charge in [0.25, 0.3) is 0 Å². The summed E-state index contributed by atoms with van der Waals surface area (Å²) in [7, 11) is 2.16. The van der Waals surface area contributed by atoms with E-state index in [1.54, 1.807) is 0 Å². The zero-order chi connectivity index (χ0) is 16.1. The SMILES string of the molecule is CC(C)[C@H]1CC[C@@H](C)C[C@H]1OC[C@@H](O)CN1CCN(C)CC1. The number of piperazine rings is 1. The molecule has 0 amide bonds. The Hall–Kier alpha value is -0.160. The third-order valence-corrected chi connectivity index (χ3v) is 5.53. The Kier molecular flexibility index (Phi) is 7.13. The van der Waals surface area contributed by atoms with E-state index in [0.29, 0.717) is 24.5 Å². The van der Waals surface area contributed by atoms with Crippen LogP contribution in [0.4, 0.5) is 0 Å². The molecule has 2 fully saturated rings. The van der Waals surface area contributed by atoms with Crippen molar-refractivity contribution in [1.29, 1.82) is 0 Å². The number of rotatable bonds is 6. The second-order valence-corrected chi connectivity index (χ2v) is 7.96. The predicted molar refractivity (Wildman–Crippen MR) is 91.0 cm³/mol. The zero-order valence-corrected chi connectivity index (χ0v) is 15.0. The van der Waals surface area contributed by atoms with Gasteiger partial charge in [-0.2, -0.15) is 0 Å². The number of nitrogens with zero attached hydrogens (tertiary/aromatic N) is 2. The molecule has 4 nitrogen and oxygen atoms in total. The average molecular weight is 312 g/mol. The van der Waals surface area contributed by atoms with Crippen molar-refractivity contribution >= 4 is 0 Å².